The predicted molar refractivity (Wildman–Crippen MR) is 64.6 cm³/mol. The van der Waals surface area contributed by atoms with Gasteiger partial charge in [0, 0.05) is 16.9 Å². The van der Waals surface area contributed by atoms with Gasteiger partial charge < -0.3 is 10.3 Å². The fraction of sp³-hybridized carbons (Fsp3) is 0.182. The van der Waals surface area contributed by atoms with Crippen LogP contribution in [0.2, 0.25) is 0 Å². The van der Waals surface area contributed by atoms with E-state index in [9.17, 15) is 0 Å². The van der Waals surface area contributed by atoms with Crippen LogP contribution in [-0.2, 0) is 6.54 Å². The van der Waals surface area contributed by atoms with Gasteiger partial charge in [-0.3, -0.25) is 0 Å². The van der Waals surface area contributed by atoms with Crippen LogP contribution in [0.15, 0.2) is 35.1 Å². The van der Waals surface area contributed by atoms with Crippen molar-refractivity contribution >= 4 is 21.9 Å². The van der Waals surface area contributed by atoms with E-state index >= 15 is 0 Å². The molecule has 0 aliphatic rings. The van der Waals surface area contributed by atoms with Gasteiger partial charge in [0.1, 0.15) is 0 Å². The molecule has 1 aromatic carbocycles. The molecular weight excluding hydrogens is 254 g/mol. The number of nitrogens with two attached hydrogens (primary N) is 1. The molecule has 1 aromatic heterocycles. The predicted octanol–water partition coefficient (Wildman–Crippen LogP) is 2.58. The molecule has 2 rings (SSSR count). The van der Waals surface area contributed by atoms with E-state index in [1.165, 1.54) is 11.1 Å². The molecule has 4 heteroatoms. The second-order valence-corrected chi connectivity index (χ2v) is 4.35. The van der Waals surface area contributed by atoms with E-state index in [0.717, 1.165) is 11.0 Å². The van der Waals surface area contributed by atoms with Gasteiger partial charge in [-0.15, -0.1) is 0 Å². The Morgan fingerprint density at radius 3 is 2.87 bits per heavy atom. The molecule has 2 aromatic rings. The van der Waals surface area contributed by atoms with E-state index in [-0.39, 0.29) is 0 Å². The number of aryl methyl sites for hydroxylation is 1. The Labute approximate surface area is 97.1 Å². The summed E-state index contributed by atoms with van der Waals surface area (Å²) in [5.41, 5.74) is 8.15. The van der Waals surface area contributed by atoms with E-state index in [2.05, 4.69) is 46.0 Å². The van der Waals surface area contributed by atoms with Crippen molar-refractivity contribution in [3.05, 3.63) is 46.2 Å². The van der Waals surface area contributed by atoms with Gasteiger partial charge in [-0.25, -0.2) is 4.98 Å². The van der Waals surface area contributed by atoms with Crippen molar-refractivity contribution in [1.82, 2.24) is 9.55 Å². The number of halogens is 1. The van der Waals surface area contributed by atoms with Crippen LogP contribution >= 0.6 is 15.9 Å². The van der Waals surface area contributed by atoms with Crippen molar-refractivity contribution in [2.75, 3.05) is 5.73 Å². The average Bonchev–Trinajstić information content (AvgIpc) is 2.59. The van der Waals surface area contributed by atoms with E-state index in [4.69, 9.17) is 5.73 Å². The van der Waals surface area contributed by atoms with E-state index in [1.54, 1.807) is 6.20 Å². The minimum atomic E-state index is 0.551. The lowest BCUT2D eigenvalue weighted by atomic mass is 10.1. The molecule has 0 amide bonds. The molecule has 0 saturated carbocycles. The topological polar surface area (TPSA) is 43.8 Å². The minimum Gasteiger partial charge on any atom is -0.369 e. The molecular formula is C11H12BrN3. The molecule has 1 heterocycles. The molecule has 0 radical (unpaired) electrons. The smallest absolute Gasteiger partial charge is 0.200 e. The molecule has 0 saturated heterocycles. The molecule has 78 valence electrons. The summed E-state index contributed by atoms with van der Waals surface area (Å²) in [5.74, 6) is 0.551. The Hall–Kier alpha value is -1.29. The molecule has 0 bridgehead atoms. The quantitative estimate of drug-likeness (QED) is 0.907. The normalized spacial score (nSPS) is 10.5. The van der Waals surface area contributed by atoms with Crippen LogP contribution in [0.5, 0.6) is 0 Å². The maximum absolute atomic E-state index is 5.70. The third kappa shape index (κ3) is 2.21. The van der Waals surface area contributed by atoms with Gasteiger partial charge in [0.05, 0.1) is 6.54 Å². The summed E-state index contributed by atoms with van der Waals surface area (Å²) >= 11 is 3.48. The largest absolute Gasteiger partial charge is 0.369 e. The first kappa shape index (κ1) is 10.2. The molecule has 0 unspecified atom stereocenters. The lowest BCUT2D eigenvalue weighted by molar-refractivity contribution is 0.810. The van der Waals surface area contributed by atoms with Crippen LogP contribution in [0, 0.1) is 6.92 Å². The Balaban J connectivity index is 2.25. The number of nitrogens with zero attached hydrogens (tertiary/aromatic N) is 2. The summed E-state index contributed by atoms with van der Waals surface area (Å²) in [6.07, 6.45) is 3.59. The SMILES string of the molecule is Cc1cc(Cn2ccnc2N)ccc1Br. The highest BCUT2D eigenvalue weighted by atomic mass is 79.9. The first-order valence-corrected chi connectivity index (χ1v) is 5.48. The zero-order chi connectivity index (χ0) is 10.8. The van der Waals surface area contributed by atoms with Gasteiger partial charge in [0.25, 0.3) is 0 Å². The monoisotopic (exact) mass is 265 g/mol. The van der Waals surface area contributed by atoms with Crippen molar-refractivity contribution in [1.29, 1.82) is 0 Å². The summed E-state index contributed by atoms with van der Waals surface area (Å²) in [5, 5.41) is 0. The lowest BCUT2D eigenvalue weighted by Crippen LogP contribution is -2.03. The molecule has 0 atom stereocenters. The van der Waals surface area contributed by atoms with Crippen LogP contribution in [0.4, 0.5) is 5.95 Å². The third-order valence-electron chi connectivity index (χ3n) is 2.32. The first-order chi connectivity index (χ1) is 7.16. The van der Waals surface area contributed by atoms with Crippen LogP contribution in [0.25, 0.3) is 0 Å². The Kier molecular flexibility index (Phi) is 2.77. The molecule has 0 aliphatic carbocycles. The Bertz CT molecular complexity index is 476. The van der Waals surface area contributed by atoms with Gasteiger partial charge in [-0.1, -0.05) is 28.1 Å². The molecule has 15 heavy (non-hydrogen) atoms. The number of aromatic nitrogens is 2. The number of benzene rings is 1. The van der Waals surface area contributed by atoms with Gasteiger partial charge in [-0.05, 0) is 24.1 Å². The first-order valence-electron chi connectivity index (χ1n) is 4.68. The van der Waals surface area contributed by atoms with Crippen LogP contribution < -0.4 is 5.73 Å². The van der Waals surface area contributed by atoms with Crippen molar-refractivity contribution in [3.63, 3.8) is 0 Å². The zero-order valence-electron chi connectivity index (χ0n) is 8.44. The van der Waals surface area contributed by atoms with Crippen molar-refractivity contribution in [2.24, 2.45) is 0 Å². The number of hydrogen-bond acceptors (Lipinski definition) is 2. The summed E-state index contributed by atoms with van der Waals surface area (Å²) < 4.78 is 3.05. The number of anilines is 1. The second-order valence-electron chi connectivity index (χ2n) is 3.50. The highest BCUT2D eigenvalue weighted by Crippen LogP contribution is 2.18. The molecule has 0 aliphatic heterocycles. The van der Waals surface area contributed by atoms with E-state index in [1.807, 2.05) is 10.8 Å². The number of rotatable bonds is 2. The van der Waals surface area contributed by atoms with Gasteiger partial charge in [0.2, 0.25) is 0 Å². The third-order valence-corrected chi connectivity index (χ3v) is 3.21. The molecule has 0 fully saturated rings. The zero-order valence-corrected chi connectivity index (χ0v) is 10.0. The molecule has 0 spiro atoms. The highest BCUT2D eigenvalue weighted by molar-refractivity contribution is 9.10. The fourth-order valence-electron chi connectivity index (χ4n) is 1.48. The fourth-order valence-corrected chi connectivity index (χ4v) is 1.72. The van der Waals surface area contributed by atoms with Crippen molar-refractivity contribution < 1.29 is 0 Å². The van der Waals surface area contributed by atoms with Gasteiger partial charge in [-0.2, -0.15) is 0 Å². The summed E-state index contributed by atoms with van der Waals surface area (Å²) in [4.78, 5) is 3.98. The van der Waals surface area contributed by atoms with E-state index in [0.29, 0.717) is 5.95 Å². The average molecular weight is 266 g/mol. The number of nitrogen functional groups attached to an aromatic ring is 1. The van der Waals surface area contributed by atoms with E-state index < -0.39 is 0 Å². The Morgan fingerprint density at radius 2 is 2.27 bits per heavy atom. The Morgan fingerprint density at radius 1 is 1.47 bits per heavy atom. The number of hydrogen-bond donors (Lipinski definition) is 1. The van der Waals surface area contributed by atoms with Crippen molar-refractivity contribution in [3.8, 4) is 0 Å². The standard InChI is InChI=1S/C11H12BrN3/c1-8-6-9(2-3-10(8)12)7-15-5-4-14-11(15)13/h2-6H,7H2,1H3,(H2,13,14). The lowest BCUT2D eigenvalue weighted by Gasteiger charge is -2.06. The summed E-state index contributed by atoms with van der Waals surface area (Å²) in [6, 6.07) is 6.28. The van der Waals surface area contributed by atoms with Crippen LogP contribution in [0.1, 0.15) is 11.1 Å². The van der Waals surface area contributed by atoms with Gasteiger partial charge in [0.15, 0.2) is 5.95 Å². The maximum atomic E-state index is 5.70. The highest BCUT2D eigenvalue weighted by Gasteiger charge is 2.01. The summed E-state index contributed by atoms with van der Waals surface area (Å²) in [6.45, 7) is 2.84. The van der Waals surface area contributed by atoms with Crippen molar-refractivity contribution in [2.45, 2.75) is 13.5 Å². The molecule has 3 nitrogen and oxygen atoms in total. The van der Waals surface area contributed by atoms with Crippen LogP contribution in [-0.4, -0.2) is 9.55 Å². The summed E-state index contributed by atoms with van der Waals surface area (Å²) in [7, 11) is 0. The molecule has 2 N–H and O–H groups in total. The van der Waals surface area contributed by atoms with Gasteiger partial charge >= 0.3 is 0 Å². The maximum Gasteiger partial charge on any atom is 0.200 e. The number of imidazole rings is 1. The second kappa shape index (κ2) is 4.06. The minimum absolute atomic E-state index is 0.551. The van der Waals surface area contributed by atoms with Crippen LogP contribution in [0.3, 0.4) is 0 Å².